The molecule has 0 fully saturated rings. The van der Waals surface area contributed by atoms with Crippen molar-refractivity contribution in [2.75, 3.05) is 0 Å². The molecule has 0 heterocycles. The van der Waals surface area contributed by atoms with Gasteiger partial charge in [-0.1, -0.05) is 62.1 Å². The topological polar surface area (TPSA) is 37.4 Å². The Bertz CT molecular complexity index is 803. The third-order valence-electron chi connectivity index (χ3n) is 3.41. The molecule has 0 aliphatic carbocycles. The van der Waals surface area contributed by atoms with Gasteiger partial charge in [-0.3, -0.25) is 0 Å². The van der Waals surface area contributed by atoms with Gasteiger partial charge >= 0.3 is 15.5 Å². The second kappa shape index (κ2) is 8.14. The van der Waals surface area contributed by atoms with E-state index in [1.807, 2.05) is 19.6 Å². The first kappa shape index (κ1) is 22.1. The molecule has 1 aromatic rings. The summed E-state index contributed by atoms with van der Waals surface area (Å²) in [7, 11) is -7.81. The van der Waals surface area contributed by atoms with Crippen molar-refractivity contribution < 1.29 is 21.6 Å². The van der Waals surface area contributed by atoms with Gasteiger partial charge in [0, 0.05) is 12.0 Å². The lowest BCUT2D eigenvalue weighted by Crippen LogP contribution is -2.45. The van der Waals surface area contributed by atoms with Crippen LogP contribution in [0.3, 0.4) is 0 Å². The van der Waals surface area contributed by atoms with Gasteiger partial charge in [0.15, 0.2) is 0 Å². The van der Waals surface area contributed by atoms with Crippen molar-refractivity contribution in [2.45, 2.75) is 37.1 Å². The molecule has 2 unspecified atom stereocenters. The number of hydrogen-bond donors (Lipinski definition) is 0. The predicted octanol–water partition coefficient (Wildman–Crippen LogP) is 4.50. The molecule has 0 saturated heterocycles. The fourth-order valence-electron chi connectivity index (χ4n) is 2.17. The summed E-state index contributed by atoms with van der Waals surface area (Å²) in [6.45, 7) is 12.6. The van der Waals surface area contributed by atoms with E-state index in [1.54, 1.807) is 30.3 Å². The second-order valence-corrected chi connectivity index (χ2v) is 13.2. The Morgan fingerprint density at radius 3 is 2.04 bits per heavy atom. The van der Waals surface area contributed by atoms with E-state index in [0.717, 1.165) is 6.08 Å². The maximum absolute atomic E-state index is 13.2. The average Bonchev–Trinajstić information content (AvgIpc) is 2.52. The van der Waals surface area contributed by atoms with E-state index >= 15 is 0 Å². The fourth-order valence-corrected chi connectivity index (χ4v) is 3.63. The van der Waals surface area contributed by atoms with Gasteiger partial charge < -0.3 is 0 Å². The van der Waals surface area contributed by atoms with E-state index in [0.29, 0.717) is 5.56 Å². The molecule has 0 spiro atoms. The quantitative estimate of drug-likeness (QED) is 0.305. The normalized spacial score (nSPS) is 14.5. The van der Waals surface area contributed by atoms with Crippen LogP contribution in [0.2, 0.25) is 19.6 Å². The van der Waals surface area contributed by atoms with Gasteiger partial charge in [-0.05, 0) is 5.56 Å². The van der Waals surface area contributed by atoms with Crippen LogP contribution in [0.15, 0.2) is 55.6 Å². The van der Waals surface area contributed by atoms with Gasteiger partial charge in [0.1, 0.15) is 8.07 Å². The molecule has 0 N–H and O–H groups in total. The van der Waals surface area contributed by atoms with Crippen molar-refractivity contribution in [1.29, 1.82) is 0 Å². The lowest BCUT2D eigenvalue weighted by atomic mass is 9.91. The smallest absolute Gasteiger partial charge is 0.213 e. The van der Waals surface area contributed by atoms with E-state index in [9.17, 15) is 21.6 Å². The summed E-state index contributed by atoms with van der Waals surface area (Å²) in [5.74, 6) is -0.734. The molecular formula is C18H22F3NO2SSi. The maximum atomic E-state index is 13.2. The van der Waals surface area contributed by atoms with Gasteiger partial charge in [-0.2, -0.15) is 21.6 Å². The molecule has 0 aliphatic heterocycles. The number of halogens is 3. The van der Waals surface area contributed by atoms with Crippen molar-refractivity contribution in [1.82, 2.24) is 4.31 Å². The number of benzene rings is 1. The summed E-state index contributed by atoms with van der Waals surface area (Å²) >= 11 is 0. The maximum Gasteiger partial charge on any atom is 0.517 e. The highest BCUT2D eigenvalue weighted by Gasteiger charge is 2.52. The molecule has 142 valence electrons. The van der Waals surface area contributed by atoms with E-state index in [1.165, 1.54) is 6.08 Å². The van der Waals surface area contributed by atoms with Crippen molar-refractivity contribution in [3.05, 3.63) is 61.2 Å². The molecule has 1 aromatic carbocycles. The zero-order valence-corrected chi connectivity index (χ0v) is 16.7. The Kier molecular flexibility index (Phi) is 6.91. The molecule has 0 aromatic heterocycles. The number of rotatable bonds is 6. The van der Waals surface area contributed by atoms with E-state index < -0.39 is 35.6 Å². The van der Waals surface area contributed by atoms with Crippen LogP contribution in [0.25, 0.3) is 0 Å². The zero-order chi connectivity index (χ0) is 20.2. The van der Waals surface area contributed by atoms with Crippen LogP contribution < -0.4 is 0 Å². The third-order valence-corrected chi connectivity index (χ3v) is 5.71. The molecule has 26 heavy (non-hydrogen) atoms. The third kappa shape index (κ3) is 5.26. The highest BCUT2D eigenvalue weighted by atomic mass is 32.2. The van der Waals surface area contributed by atoms with Crippen LogP contribution in [0, 0.1) is 11.6 Å². The van der Waals surface area contributed by atoms with Crippen molar-refractivity contribution in [3.8, 4) is 11.6 Å². The number of hydrogen-bond acceptors (Lipinski definition) is 2. The van der Waals surface area contributed by atoms with Gasteiger partial charge in [-0.25, -0.2) is 4.31 Å². The van der Waals surface area contributed by atoms with Gasteiger partial charge in [0.2, 0.25) is 0 Å². The minimum absolute atomic E-state index is 0.178. The van der Waals surface area contributed by atoms with Gasteiger partial charge in [-0.15, -0.1) is 18.7 Å². The average molecular weight is 402 g/mol. The van der Waals surface area contributed by atoms with Crippen LogP contribution in [-0.4, -0.2) is 32.3 Å². The summed E-state index contributed by atoms with van der Waals surface area (Å²) in [5.41, 5.74) is -2.15. The molecule has 2 atom stereocenters. The molecule has 0 radical (unpaired) electrons. The summed E-state index contributed by atoms with van der Waals surface area (Å²) in [6.07, 6.45) is 2.55. The first-order valence-corrected chi connectivity index (χ1v) is 12.7. The van der Waals surface area contributed by atoms with Crippen LogP contribution in [0.5, 0.6) is 0 Å². The molecule has 1 rings (SSSR count). The lowest BCUT2D eigenvalue weighted by Gasteiger charge is -2.31. The number of alkyl halides is 3. The fraction of sp³-hybridized carbons (Fsp3) is 0.333. The minimum atomic E-state index is -5.67. The van der Waals surface area contributed by atoms with Gasteiger partial charge in [0.05, 0.1) is 6.04 Å². The van der Waals surface area contributed by atoms with Crippen LogP contribution >= 0.6 is 0 Å². The highest BCUT2D eigenvalue weighted by molar-refractivity contribution is 7.90. The van der Waals surface area contributed by atoms with E-state index in [2.05, 4.69) is 24.7 Å². The zero-order valence-electron chi connectivity index (χ0n) is 14.9. The first-order valence-electron chi connectivity index (χ1n) is 7.78. The molecule has 0 aliphatic rings. The molecule has 0 amide bonds. The monoisotopic (exact) mass is 401 g/mol. The highest BCUT2D eigenvalue weighted by Crippen LogP contribution is 2.33. The van der Waals surface area contributed by atoms with Crippen molar-refractivity contribution >= 4 is 18.1 Å². The summed E-state index contributed by atoms with van der Waals surface area (Å²) in [6, 6.07) is 9.56. The van der Waals surface area contributed by atoms with Crippen LogP contribution in [-0.2, 0) is 10.0 Å². The Hall–Kier alpha value is -1.98. The van der Waals surface area contributed by atoms with Crippen LogP contribution in [0.4, 0.5) is 13.2 Å². The SMILES string of the molecule is C=CC(c1ccccc1)C(C=C)N(C#C[Si](C)(C)C)S(=O)(=O)C(F)(F)F. The first-order chi connectivity index (χ1) is 11.8. The van der Waals surface area contributed by atoms with Crippen molar-refractivity contribution in [2.24, 2.45) is 0 Å². The van der Waals surface area contributed by atoms with E-state index in [-0.39, 0.29) is 4.31 Å². The van der Waals surface area contributed by atoms with Gasteiger partial charge in [0.25, 0.3) is 0 Å². The molecule has 0 saturated carbocycles. The molecule has 3 nitrogen and oxygen atoms in total. The van der Waals surface area contributed by atoms with E-state index in [4.69, 9.17) is 0 Å². The Labute approximate surface area is 154 Å². The predicted molar refractivity (Wildman–Crippen MR) is 101 cm³/mol. The molecular weight excluding hydrogens is 379 g/mol. The Balaban J connectivity index is 3.58. The summed E-state index contributed by atoms with van der Waals surface area (Å²) in [5, 5.41) is 0. The number of nitrogens with zero attached hydrogens (tertiary/aromatic N) is 1. The Morgan fingerprint density at radius 2 is 1.65 bits per heavy atom. The van der Waals surface area contributed by atoms with Crippen LogP contribution in [0.1, 0.15) is 11.5 Å². The van der Waals surface area contributed by atoms with Crippen molar-refractivity contribution in [3.63, 3.8) is 0 Å². The minimum Gasteiger partial charge on any atom is -0.213 e. The largest absolute Gasteiger partial charge is 0.517 e. The standard InChI is InChI=1S/C18H22F3NO2SSi/c1-6-16(15-11-9-8-10-12-15)17(7-2)22(13-14-26(3,4)5)25(23,24)18(19,20)21/h6-12,16-17H,1-2H2,3-5H3. The summed E-state index contributed by atoms with van der Waals surface area (Å²) in [4.78, 5) is 0. The molecule has 0 bridgehead atoms. The Morgan fingerprint density at radius 1 is 1.12 bits per heavy atom. The summed E-state index contributed by atoms with van der Waals surface area (Å²) < 4.78 is 64.2. The lowest BCUT2D eigenvalue weighted by molar-refractivity contribution is -0.0480. The second-order valence-electron chi connectivity index (χ2n) is 6.63. The number of sulfonamides is 1. The molecule has 8 heteroatoms.